The van der Waals surface area contributed by atoms with Crippen LogP contribution in [0.15, 0.2) is 28.7 Å². The van der Waals surface area contributed by atoms with E-state index in [1.807, 2.05) is 0 Å². The number of carbonyl (C=O) groups is 2. The van der Waals surface area contributed by atoms with Crippen molar-refractivity contribution in [3.05, 3.63) is 34.3 Å². The molecular weight excluding hydrogens is 236 g/mol. The minimum Gasteiger partial charge on any atom is -0.454 e. The highest BCUT2D eigenvalue weighted by Gasteiger charge is 2.09. The van der Waals surface area contributed by atoms with Gasteiger partial charge in [0.05, 0.1) is 5.56 Å². The first-order valence-corrected chi connectivity index (χ1v) is 4.40. The topological polar surface area (TPSA) is 43.4 Å². The van der Waals surface area contributed by atoms with Crippen LogP contribution in [-0.4, -0.2) is 18.9 Å². The van der Waals surface area contributed by atoms with Crippen LogP contribution < -0.4 is 0 Å². The molecular formula is C9H7BrO3. The molecule has 0 saturated heterocycles. The Morgan fingerprint density at radius 1 is 1.46 bits per heavy atom. The van der Waals surface area contributed by atoms with Crippen LogP contribution in [0, 0.1) is 0 Å². The summed E-state index contributed by atoms with van der Waals surface area (Å²) in [5, 5.41) is 0. The molecule has 0 saturated carbocycles. The molecule has 0 radical (unpaired) electrons. The average molecular weight is 243 g/mol. The summed E-state index contributed by atoms with van der Waals surface area (Å²) in [6, 6.07) is 6.87. The maximum Gasteiger partial charge on any atom is 0.339 e. The number of benzene rings is 1. The van der Waals surface area contributed by atoms with Gasteiger partial charge in [-0.3, -0.25) is 4.79 Å². The van der Waals surface area contributed by atoms with Crippen LogP contribution in [0.2, 0.25) is 0 Å². The summed E-state index contributed by atoms with van der Waals surface area (Å²) in [6.07, 6.45) is 0.536. The Morgan fingerprint density at radius 3 is 2.77 bits per heavy atom. The first-order valence-electron chi connectivity index (χ1n) is 3.61. The Labute approximate surface area is 83.8 Å². The molecule has 0 aliphatic rings. The van der Waals surface area contributed by atoms with E-state index < -0.39 is 5.97 Å². The molecule has 0 aromatic heterocycles. The highest BCUT2D eigenvalue weighted by Crippen LogP contribution is 2.16. The third-order valence-corrected chi connectivity index (χ3v) is 2.07. The van der Waals surface area contributed by atoms with Crippen LogP contribution >= 0.6 is 15.9 Å². The van der Waals surface area contributed by atoms with E-state index in [1.165, 1.54) is 0 Å². The second-order valence-electron chi connectivity index (χ2n) is 2.24. The molecule has 3 nitrogen and oxygen atoms in total. The smallest absolute Gasteiger partial charge is 0.339 e. The van der Waals surface area contributed by atoms with Gasteiger partial charge in [0, 0.05) is 4.47 Å². The molecule has 0 heterocycles. The minimum absolute atomic E-state index is 0.208. The van der Waals surface area contributed by atoms with Gasteiger partial charge < -0.3 is 4.74 Å². The number of hydrogen-bond donors (Lipinski definition) is 0. The van der Waals surface area contributed by atoms with Crippen LogP contribution in [0.5, 0.6) is 0 Å². The number of esters is 1. The van der Waals surface area contributed by atoms with Gasteiger partial charge in [-0.25, -0.2) is 4.79 Å². The number of carbonyl (C=O) groups excluding carboxylic acids is 2. The molecule has 0 N–H and O–H groups in total. The lowest BCUT2D eigenvalue weighted by Crippen LogP contribution is -2.07. The van der Waals surface area contributed by atoms with Crippen LogP contribution in [-0.2, 0) is 9.53 Å². The number of ether oxygens (including phenoxy) is 1. The minimum atomic E-state index is -0.500. The fraction of sp³-hybridized carbons (Fsp3) is 0.111. The third-order valence-electron chi connectivity index (χ3n) is 1.38. The summed E-state index contributed by atoms with van der Waals surface area (Å²) in [4.78, 5) is 21.1. The number of halogens is 1. The molecule has 1 aromatic rings. The quantitative estimate of drug-likeness (QED) is 0.600. The number of rotatable bonds is 3. The fourth-order valence-electron chi connectivity index (χ4n) is 0.814. The van der Waals surface area contributed by atoms with E-state index in [9.17, 15) is 9.59 Å². The highest BCUT2D eigenvalue weighted by molar-refractivity contribution is 9.10. The van der Waals surface area contributed by atoms with Crippen molar-refractivity contribution in [2.24, 2.45) is 0 Å². The fourth-order valence-corrected chi connectivity index (χ4v) is 1.26. The molecule has 0 unspecified atom stereocenters. The summed E-state index contributed by atoms with van der Waals surface area (Å²) < 4.78 is 5.28. The SMILES string of the molecule is O=CCOC(=O)c1ccccc1Br. The zero-order valence-electron chi connectivity index (χ0n) is 6.70. The van der Waals surface area contributed by atoms with Crippen molar-refractivity contribution in [3.8, 4) is 0 Å². The first-order chi connectivity index (χ1) is 6.25. The van der Waals surface area contributed by atoms with Crippen molar-refractivity contribution >= 4 is 28.2 Å². The van der Waals surface area contributed by atoms with E-state index in [1.54, 1.807) is 24.3 Å². The van der Waals surface area contributed by atoms with Crippen LogP contribution in [0.1, 0.15) is 10.4 Å². The predicted octanol–water partition coefficient (Wildman–Crippen LogP) is 1.80. The van der Waals surface area contributed by atoms with E-state index in [2.05, 4.69) is 20.7 Å². The highest BCUT2D eigenvalue weighted by atomic mass is 79.9. The van der Waals surface area contributed by atoms with Crippen LogP contribution in [0.4, 0.5) is 0 Å². The van der Waals surface area contributed by atoms with Crippen LogP contribution in [0.25, 0.3) is 0 Å². The molecule has 0 aliphatic heterocycles. The Kier molecular flexibility index (Phi) is 3.64. The number of hydrogen-bond acceptors (Lipinski definition) is 3. The van der Waals surface area contributed by atoms with E-state index in [0.29, 0.717) is 16.3 Å². The molecule has 4 heteroatoms. The molecule has 0 aliphatic carbocycles. The summed E-state index contributed by atoms with van der Waals surface area (Å²) in [5.41, 5.74) is 0.421. The summed E-state index contributed by atoms with van der Waals surface area (Å²) in [6.45, 7) is -0.208. The van der Waals surface area contributed by atoms with Gasteiger partial charge in [-0.15, -0.1) is 0 Å². The summed E-state index contributed by atoms with van der Waals surface area (Å²) in [5.74, 6) is -0.500. The average Bonchev–Trinajstić information content (AvgIpc) is 2.15. The Hall–Kier alpha value is -1.16. The molecule has 1 rings (SSSR count). The van der Waals surface area contributed by atoms with Gasteiger partial charge in [-0.2, -0.15) is 0 Å². The maximum absolute atomic E-state index is 11.2. The third kappa shape index (κ3) is 2.66. The van der Waals surface area contributed by atoms with Gasteiger partial charge in [0.1, 0.15) is 6.61 Å². The summed E-state index contributed by atoms with van der Waals surface area (Å²) in [7, 11) is 0. The van der Waals surface area contributed by atoms with Crippen molar-refractivity contribution in [1.82, 2.24) is 0 Å². The monoisotopic (exact) mass is 242 g/mol. The zero-order valence-corrected chi connectivity index (χ0v) is 8.28. The van der Waals surface area contributed by atoms with Crippen molar-refractivity contribution in [2.75, 3.05) is 6.61 Å². The molecule has 1 aromatic carbocycles. The lowest BCUT2D eigenvalue weighted by Gasteiger charge is -2.02. The van der Waals surface area contributed by atoms with Crippen molar-refractivity contribution in [3.63, 3.8) is 0 Å². The first kappa shape index (κ1) is 9.92. The normalized spacial score (nSPS) is 9.31. The Balaban J connectivity index is 2.76. The van der Waals surface area contributed by atoms with E-state index in [4.69, 9.17) is 0 Å². The Morgan fingerprint density at radius 2 is 2.15 bits per heavy atom. The van der Waals surface area contributed by atoms with E-state index in [0.717, 1.165) is 0 Å². The molecule has 0 fully saturated rings. The van der Waals surface area contributed by atoms with E-state index in [-0.39, 0.29) is 6.61 Å². The molecule has 68 valence electrons. The van der Waals surface area contributed by atoms with Gasteiger partial charge in [-0.1, -0.05) is 12.1 Å². The second kappa shape index (κ2) is 4.77. The van der Waals surface area contributed by atoms with Gasteiger partial charge in [-0.05, 0) is 28.1 Å². The largest absolute Gasteiger partial charge is 0.454 e. The van der Waals surface area contributed by atoms with Gasteiger partial charge in [0.15, 0.2) is 6.29 Å². The summed E-state index contributed by atoms with van der Waals surface area (Å²) >= 11 is 3.20. The second-order valence-corrected chi connectivity index (χ2v) is 3.10. The van der Waals surface area contributed by atoms with Crippen molar-refractivity contribution in [2.45, 2.75) is 0 Å². The van der Waals surface area contributed by atoms with Crippen molar-refractivity contribution in [1.29, 1.82) is 0 Å². The predicted molar refractivity (Wildman–Crippen MR) is 50.5 cm³/mol. The van der Waals surface area contributed by atoms with Gasteiger partial charge >= 0.3 is 5.97 Å². The van der Waals surface area contributed by atoms with Gasteiger partial charge in [0.25, 0.3) is 0 Å². The molecule has 0 spiro atoms. The lowest BCUT2D eigenvalue weighted by molar-refractivity contribution is -0.110. The molecule has 13 heavy (non-hydrogen) atoms. The van der Waals surface area contributed by atoms with E-state index >= 15 is 0 Å². The molecule has 0 bridgehead atoms. The standard InChI is InChI=1S/C9H7BrO3/c10-8-4-2-1-3-7(8)9(12)13-6-5-11/h1-5H,6H2. The van der Waals surface area contributed by atoms with Crippen molar-refractivity contribution < 1.29 is 14.3 Å². The molecule has 0 atom stereocenters. The molecule has 0 amide bonds. The van der Waals surface area contributed by atoms with Crippen LogP contribution in [0.3, 0.4) is 0 Å². The maximum atomic E-state index is 11.2. The van der Waals surface area contributed by atoms with Gasteiger partial charge in [0.2, 0.25) is 0 Å². The lowest BCUT2D eigenvalue weighted by atomic mass is 10.2. The Bertz CT molecular complexity index is 322. The number of aldehydes is 1. The zero-order chi connectivity index (χ0) is 9.68.